The van der Waals surface area contributed by atoms with Gasteiger partial charge in [0.25, 0.3) is 0 Å². The van der Waals surface area contributed by atoms with Crippen molar-refractivity contribution in [3.05, 3.63) is 12.7 Å². The monoisotopic (exact) mass is 370 g/mol. The zero-order chi connectivity index (χ0) is 19.6. The molecule has 2 fully saturated rings. The van der Waals surface area contributed by atoms with Crippen molar-refractivity contribution in [2.75, 3.05) is 13.7 Å². The molecule has 146 valence electrons. The predicted molar refractivity (Wildman–Crippen MR) is 90.1 cm³/mol. The third-order valence-corrected chi connectivity index (χ3v) is 4.35. The van der Waals surface area contributed by atoms with Crippen molar-refractivity contribution in [2.45, 2.75) is 63.6 Å². The minimum absolute atomic E-state index is 0.0684. The van der Waals surface area contributed by atoms with Gasteiger partial charge in [-0.25, -0.2) is 14.4 Å². The highest BCUT2D eigenvalue weighted by atomic mass is 16.6. The molecule has 0 spiro atoms. The number of nitrogens with zero attached hydrogens (tertiary/aromatic N) is 2. The lowest BCUT2D eigenvalue weighted by molar-refractivity contribution is -0.164. The first kappa shape index (κ1) is 20.0. The van der Waals surface area contributed by atoms with Crippen LogP contribution in [0.2, 0.25) is 0 Å². The van der Waals surface area contributed by atoms with Crippen LogP contribution >= 0.6 is 0 Å². The van der Waals surface area contributed by atoms with Crippen LogP contribution in [-0.2, 0) is 19.0 Å². The number of esters is 1. The SMILES string of the molecule is C=CCOC(=O)N1C(O)[C@@H]2CC[C@H]([C@@H]1C(=O)OC)N2C(=O)OC(C)(C)C. The van der Waals surface area contributed by atoms with Gasteiger partial charge in [-0.1, -0.05) is 12.7 Å². The Morgan fingerprint density at radius 3 is 2.31 bits per heavy atom. The fraction of sp³-hybridized carbons (Fsp3) is 0.706. The highest BCUT2D eigenvalue weighted by Crippen LogP contribution is 2.39. The highest BCUT2D eigenvalue weighted by molar-refractivity contribution is 5.84. The first-order valence-electron chi connectivity index (χ1n) is 8.45. The normalized spacial score (nSPS) is 27.7. The molecule has 2 aliphatic heterocycles. The summed E-state index contributed by atoms with van der Waals surface area (Å²) < 4.78 is 15.2. The number of ether oxygens (including phenoxy) is 3. The van der Waals surface area contributed by atoms with Crippen molar-refractivity contribution in [1.82, 2.24) is 9.80 Å². The number of carbonyl (C=O) groups excluding carboxylic acids is 3. The third kappa shape index (κ3) is 3.77. The number of methoxy groups -OCH3 is 1. The fourth-order valence-electron chi connectivity index (χ4n) is 3.41. The molecule has 0 radical (unpaired) electrons. The zero-order valence-electron chi connectivity index (χ0n) is 15.5. The molecule has 2 amide bonds. The molecule has 0 aromatic heterocycles. The minimum Gasteiger partial charge on any atom is -0.467 e. The van der Waals surface area contributed by atoms with Crippen molar-refractivity contribution in [2.24, 2.45) is 0 Å². The minimum atomic E-state index is -1.41. The molecule has 2 rings (SSSR count). The van der Waals surface area contributed by atoms with Gasteiger partial charge in [-0.3, -0.25) is 9.80 Å². The molecule has 0 aromatic carbocycles. The molecular formula is C17H26N2O7. The number of fused-ring (bicyclic) bond motifs is 2. The number of amides is 2. The molecule has 9 nitrogen and oxygen atoms in total. The first-order chi connectivity index (χ1) is 12.1. The molecule has 1 N–H and O–H groups in total. The Balaban J connectivity index is 2.34. The van der Waals surface area contributed by atoms with Crippen molar-refractivity contribution in [3.63, 3.8) is 0 Å². The summed E-state index contributed by atoms with van der Waals surface area (Å²) in [5, 5.41) is 10.7. The third-order valence-electron chi connectivity index (χ3n) is 4.35. The summed E-state index contributed by atoms with van der Waals surface area (Å²) in [6.45, 7) is 8.57. The molecule has 2 heterocycles. The zero-order valence-corrected chi connectivity index (χ0v) is 15.5. The molecule has 1 unspecified atom stereocenters. The van der Waals surface area contributed by atoms with Crippen LogP contribution in [0.5, 0.6) is 0 Å². The Labute approximate surface area is 152 Å². The number of rotatable bonds is 3. The van der Waals surface area contributed by atoms with E-state index < -0.39 is 48.1 Å². The van der Waals surface area contributed by atoms with Gasteiger partial charge in [-0.2, -0.15) is 0 Å². The molecule has 9 heteroatoms. The largest absolute Gasteiger partial charge is 0.467 e. The fourth-order valence-corrected chi connectivity index (χ4v) is 3.41. The van der Waals surface area contributed by atoms with Crippen molar-refractivity contribution < 1.29 is 33.7 Å². The van der Waals surface area contributed by atoms with Gasteiger partial charge in [-0.05, 0) is 33.6 Å². The van der Waals surface area contributed by atoms with Gasteiger partial charge < -0.3 is 19.3 Å². The summed E-state index contributed by atoms with van der Waals surface area (Å²) in [6.07, 6.45) is -0.702. The number of carbonyl (C=O) groups is 3. The quantitative estimate of drug-likeness (QED) is 0.453. The Hall–Kier alpha value is -2.29. The molecule has 26 heavy (non-hydrogen) atoms. The van der Waals surface area contributed by atoms with Crippen molar-refractivity contribution >= 4 is 18.2 Å². The Morgan fingerprint density at radius 2 is 1.77 bits per heavy atom. The van der Waals surface area contributed by atoms with Crippen LogP contribution in [0.15, 0.2) is 12.7 Å². The van der Waals surface area contributed by atoms with E-state index in [-0.39, 0.29) is 6.61 Å². The van der Waals surface area contributed by atoms with Gasteiger partial charge in [0.2, 0.25) is 0 Å². The van der Waals surface area contributed by atoms with Gasteiger partial charge >= 0.3 is 18.2 Å². The van der Waals surface area contributed by atoms with Crippen LogP contribution < -0.4 is 0 Å². The van der Waals surface area contributed by atoms with Crippen molar-refractivity contribution in [3.8, 4) is 0 Å². The first-order valence-corrected chi connectivity index (χ1v) is 8.45. The summed E-state index contributed by atoms with van der Waals surface area (Å²) in [5.74, 6) is -0.737. The standard InChI is InChI=1S/C17H26N2O7/c1-6-9-25-15(22)19-12(14(21)24-5)10-7-8-11(13(19)20)18(10)16(23)26-17(2,3)4/h6,10-13,20H,1,7-9H2,2-5H3/t10-,11+,12-,13?/m1/s1. The summed E-state index contributed by atoms with van der Waals surface area (Å²) in [7, 11) is 1.18. The van der Waals surface area contributed by atoms with E-state index in [1.54, 1.807) is 20.8 Å². The summed E-state index contributed by atoms with van der Waals surface area (Å²) >= 11 is 0. The Kier molecular flexibility index (Phi) is 5.80. The maximum Gasteiger partial charge on any atom is 0.413 e. The second kappa shape index (κ2) is 7.53. The maximum absolute atomic E-state index is 12.6. The van der Waals surface area contributed by atoms with E-state index in [1.807, 2.05) is 0 Å². The van der Waals surface area contributed by atoms with Crippen LogP contribution in [0.1, 0.15) is 33.6 Å². The summed E-state index contributed by atoms with van der Waals surface area (Å²) in [5.41, 5.74) is -0.734. The van der Waals surface area contributed by atoms with E-state index in [0.29, 0.717) is 12.8 Å². The van der Waals surface area contributed by atoms with E-state index in [2.05, 4.69) is 6.58 Å². The molecule has 2 bridgehead atoms. The van der Waals surface area contributed by atoms with E-state index in [1.165, 1.54) is 18.1 Å². The molecule has 0 aromatic rings. The van der Waals surface area contributed by atoms with Gasteiger partial charge in [0, 0.05) is 0 Å². The number of piperazine rings is 1. The molecular weight excluding hydrogens is 344 g/mol. The average Bonchev–Trinajstić information content (AvgIpc) is 2.93. The second-order valence-corrected chi connectivity index (χ2v) is 7.25. The molecule has 2 aliphatic rings. The topological polar surface area (TPSA) is 106 Å². The van der Waals surface area contributed by atoms with Crippen LogP contribution in [0.25, 0.3) is 0 Å². The van der Waals surface area contributed by atoms with Gasteiger partial charge in [0.15, 0.2) is 12.3 Å². The molecule has 4 atom stereocenters. The number of hydrogen-bond donors (Lipinski definition) is 1. The second-order valence-electron chi connectivity index (χ2n) is 7.25. The number of hydrogen-bond acceptors (Lipinski definition) is 7. The molecule has 2 saturated heterocycles. The maximum atomic E-state index is 12.6. The lowest BCUT2D eigenvalue weighted by Gasteiger charge is -2.47. The Morgan fingerprint density at radius 1 is 1.15 bits per heavy atom. The lowest BCUT2D eigenvalue weighted by atomic mass is 10.0. The van der Waals surface area contributed by atoms with E-state index in [4.69, 9.17) is 14.2 Å². The van der Waals surface area contributed by atoms with Crippen LogP contribution in [-0.4, -0.2) is 76.7 Å². The van der Waals surface area contributed by atoms with E-state index in [9.17, 15) is 19.5 Å². The van der Waals surface area contributed by atoms with Gasteiger partial charge in [0.05, 0.1) is 19.2 Å². The van der Waals surface area contributed by atoms with Crippen LogP contribution in [0, 0.1) is 0 Å². The summed E-state index contributed by atoms with van der Waals surface area (Å²) in [6, 6.07) is -2.53. The molecule has 0 aliphatic carbocycles. The highest BCUT2D eigenvalue weighted by Gasteiger charge is 2.58. The molecule has 0 saturated carbocycles. The smallest absolute Gasteiger partial charge is 0.413 e. The van der Waals surface area contributed by atoms with Gasteiger partial charge in [-0.15, -0.1) is 0 Å². The Bertz CT molecular complexity index is 586. The average molecular weight is 370 g/mol. The summed E-state index contributed by atoms with van der Waals surface area (Å²) in [4.78, 5) is 39.6. The number of aliphatic hydroxyl groups is 1. The van der Waals surface area contributed by atoms with Gasteiger partial charge in [0.1, 0.15) is 12.2 Å². The van der Waals surface area contributed by atoms with E-state index >= 15 is 0 Å². The van der Waals surface area contributed by atoms with Crippen molar-refractivity contribution in [1.29, 1.82) is 0 Å². The van der Waals surface area contributed by atoms with E-state index in [0.717, 1.165) is 4.90 Å². The lowest BCUT2D eigenvalue weighted by Crippen LogP contribution is -2.69. The predicted octanol–water partition coefficient (Wildman–Crippen LogP) is 1.25. The number of aliphatic hydroxyl groups excluding tert-OH is 1. The number of likely N-dealkylation sites (tertiary alicyclic amines) is 1. The van der Waals surface area contributed by atoms with Crippen LogP contribution in [0.4, 0.5) is 9.59 Å². The van der Waals surface area contributed by atoms with Crippen LogP contribution in [0.3, 0.4) is 0 Å².